The van der Waals surface area contributed by atoms with Gasteiger partial charge in [0.05, 0.1) is 6.10 Å². The van der Waals surface area contributed by atoms with E-state index in [4.69, 9.17) is 0 Å². The van der Waals surface area contributed by atoms with Gasteiger partial charge in [-0.05, 0) is 37.0 Å². The van der Waals surface area contributed by atoms with Crippen LogP contribution in [0.4, 0.5) is 5.82 Å². The average Bonchev–Trinajstić information content (AvgIpc) is 3.10. The Labute approximate surface area is 148 Å². The minimum Gasteiger partial charge on any atom is -0.388 e. The van der Waals surface area contributed by atoms with Gasteiger partial charge in [0.15, 0.2) is 0 Å². The first kappa shape index (κ1) is 17.4. The maximum Gasteiger partial charge on any atom is 0.254 e. The van der Waals surface area contributed by atoms with Gasteiger partial charge in [0.2, 0.25) is 0 Å². The number of benzene rings is 1. The molecule has 2 atom stereocenters. The van der Waals surface area contributed by atoms with Crippen LogP contribution in [0.15, 0.2) is 48.7 Å². The lowest BCUT2D eigenvalue weighted by molar-refractivity contribution is 0.0667. The fraction of sp³-hybridized carbons (Fsp3) is 0.400. The van der Waals surface area contributed by atoms with Crippen molar-refractivity contribution in [3.05, 3.63) is 59.8 Å². The third kappa shape index (κ3) is 3.99. The lowest BCUT2D eigenvalue weighted by atomic mass is 10.0. The van der Waals surface area contributed by atoms with E-state index in [0.717, 1.165) is 30.8 Å². The topological polar surface area (TPSA) is 56.7 Å². The average molecular weight is 339 g/mol. The molecule has 1 amide bonds. The highest BCUT2D eigenvalue weighted by molar-refractivity contribution is 5.95. The SMILES string of the molecule is CN(C)c1cc(C(=O)N2CCCC2CC(O)c2ccccc2)ccn1. The molecule has 0 bridgehead atoms. The molecule has 1 fully saturated rings. The van der Waals surface area contributed by atoms with Gasteiger partial charge in [0, 0.05) is 38.4 Å². The molecule has 0 aliphatic carbocycles. The number of pyridine rings is 1. The first-order valence-corrected chi connectivity index (χ1v) is 8.73. The van der Waals surface area contributed by atoms with Crippen molar-refractivity contribution >= 4 is 11.7 Å². The van der Waals surface area contributed by atoms with Gasteiger partial charge in [0.1, 0.15) is 5.82 Å². The molecule has 0 saturated carbocycles. The van der Waals surface area contributed by atoms with Crippen molar-refractivity contribution in [2.75, 3.05) is 25.5 Å². The highest BCUT2D eigenvalue weighted by Gasteiger charge is 2.31. The number of aliphatic hydroxyl groups is 1. The minimum absolute atomic E-state index is 0.0215. The molecule has 1 saturated heterocycles. The molecular weight excluding hydrogens is 314 g/mol. The Morgan fingerprint density at radius 1 is 1.32 bits per heavy atom. The number of nitrogens with zero attached hydrogens (tertiary/aromatic N) is 3. The van der Waals surface area contributed by atoms with E-state index in [1.165, 1.54) is 0 Å². The maximum absolute atomic E-state index is 12.9. The fourth-order valence-corrected chi connectivity index (χ4v) is 3.38. The molecule has 5 nitrogen and oxygen atoms in total. The number of amides is 1. The van der Waals surface area contributed by atoms with Gasteiger partial charge in [-0.15, -0.1) is 0 Å². The van der Waals surface area contributed by atoms with Gasteiger partial charge in [-0.25, -0.2) is 4.98 Å². The first-order valence-electron chi connectivity index (χ1n) is 8.73. The molecule has 1 aliphatic rings. The van der Waals surface area contributed by atoms with E-state index in [1.54, 1.807) is 12.3 Å². The molecule has 1 aromatic heterocycles. The molecule has 3 rings (SSSR count). The van der Waals surface area contributed by atoms with E-state index in [1.807, 2.05) is 60.3 Å². The van der Waals surface area contributed by atoms with Gasteiger partial charge in [-0.3, -0.25) is 4.79 Å². The second kappa shape index (κ2) is 7.66. The predicted octanol–water partition coefficient (Wildman–Crippen LogP) is 2.88. The van der Waals surface area contributed by atoms with Crippen LogP contribution in [0.2, 0.25) is 0 Å². The standard InChI is InChI=1S/C20H25N3O2/c1-22(2)19-13-16(10-11-21-19)20(25)23-12-6-9-17(23)14-18(24)15-7-4-3-5-8-15/h3-5,7-8,10-11,13,17-18,24H,6,9,12,14H2,1-2H3. The molecule has 132 valence electrons. The largest absolute Gasteiger partial charge is 0.388 e. The lowest BCUT2D eigenvalue weighted by Crippen LogP contribution is -2.36. The zero-order chi connectivity index (χ0) is 17.8. The van der Waals surface area contributed by atoms with Gasteiger partial charge in [-0.2, -0.15) is 0 Å². The summed E-state index contributed by atoms with van der Waals surface area (Å²) in [6.45, 7) is 0.741. The van der Waals surface area contributed by atoms with E-state index in [-0.39, 0.29) is 11.9 Å². The van der Waals surface area contributed by atoms with Gasteiger partial charge < -0.3 is 14.9 Å². The molecule has 2 unspecified atom stereocenters. The van der Waals surface area contributed by atoms with Crippen molar-refractivity contribution in [2.45, 2.75) is 31.4 Å². The van der Waals surface area contributed by atoms with Gasteiger partial charge >= 0.3 is 0 Å². The van der Waals surface area contributed by atoms with E-state index >= 15 is 0 Å². The van der Waals surface area contributed by atoms with Crippen LogP contribution in [-0.2, 0) is 0 Å². The van der Waals surface area contributed by atoms with E-state index in [0.29, 0.717) is 12.0 Å². The fourth-order valence-electron chi connectivity index (χ4n) is 3.38. The van der Waals surface area contributed by atoms with Crippen LogP contribution in [0.5, 0.6) is 0 Å². The molecular formula is C20H25N3O2. The van der Waals surface area contributed by atoms with Crippen LogP contribution < -0.4 is 4.90 Å². The predicted molar refractivity (Wildman–Crippen MR) is 98.6 cm³/mol. The summed E-state index contributed by atoms with van der Waals surface area (Å²) in [5.41, 5.74) is 1.56. The summed E-state index contributed by atoms with van der Waals surface area (Å²) >= 11 is 0. The summed E-state index contributed by atoms with van der Waals surface area (Å²) in [5, 5.41) is 10.5. The number of carbonyl (C=O) groups excluding carboxylic acids is 1. The quantitative estimate of drug-likeness (QED) is 0.910. The second-order valence-electron chi connectivity index (χ2n) is 6.75. The summed E-state index contributed by atoms with van der Waals surface area (Å²) in [6, 6.07) is 13.3. The Morgan fingerprint density at radius 2 is 2.08 bits per heavy atom. The Morgan fingerprint density at radius 3 is 2.80 bits per heavy atom. The van der Waals surface area contributed by atoms with Gasteiger partial charge in [-0.1, -0.05) is 30.3 Å². The minimum atomic E-state index is -0.547. The molecule has 1 aromatic carbocycles. The normalized spacial score (nSPS) is 18.2. The van der Waals surface area contributed by atoms with Crippen molar-refractivity contribution in [1.82, 2.24) is 9.88 Å². The Balaban J connectivity index is 1.73. The maximum atomic E-state index is 12.9. The van der Waals surface area contributed by atoms with Crippen molar-refractivity contribution in [2.24, 2.45) is 0 Å². The third-order valence-electron chi connectivity index (χ3n) is 4.77. The van der Waals surface area contributed by atoms with Crippen LogP contribution in [0.25, 0.3) is 0 Å². The molecule has 1 aliphatic heterocycles. The van der Waals surface area contributed by atoms with Crippen molar-refractivity contribution in [1.29, 1.82) is 0 Å². The number of hydrogen-bond donors (Lipinski definition) is 1. The summed E-state index contributed by atoms with van der Waals surface area (Å²) in [4.78, 5) is 21.0. The zero-order valence-corrected chi connectivity index (χ0v) is 14.8. The number of carbonyl (C=O) groups is 1. The summed E-state index contributed by atoms with van der Waals surface area (Å²) in [6.07, 6.45) is 3.60. The van der Waals surface area contributed by atoms with Crippen LogP contribution >= 0.6 is 0 Å². The first-order chi connectivity index (χ1) is 12.1. The Hall–Kier alpha value is -2.40. The van der Waals surface area contributed by atoms with Crippen molar-refractivity contribution in [3.8, 4) is 0 Å². The van der Waals surface area contributed by atoms with Crippen molar-refractivity contribution < 1.29 is 9.90 Å². The Bertz CT molecular complexity index is 718. The number of likely N-dealkylation sites (tertiary alicyclic amines) is 1. The summed E-state index contributed by atoms with van der Waals surface area (Å²) in [5.74, 6) is 0.791. The number of aromatic nitrogens is 1. The molecule has 2 aromatic rings. The summed E-state index contributed by atoms with van der Waals surface area (Å²) in [7, 11) is 3.82. The van der Waals surface area contributed by atoms with Crippen LogP contribution in [0.1, 0.15) is 41.3 Å². The smallest absolute Gasteiger partial charge is 0.254 e. The van der Waals surface area contributed by atoms with Crippen LogP contribution in [-0.4, -0.2) is 47.6 Å². The van der Waals surface area contributed by atoms with Crippen LogP contribution in [0, 0.1) is 0 Å². The zero-order valence-electron chi connectivity index (χ0n) is 14.8. The van der Waals surface area contributed by atoms with Crippen molar-refractivity contribution in [3.63, 3.8) is 0 Å². The third-order valence-corrected chi connectivity index (χ3v) is 4.77. The molecule has 25 heavy (non-hydrogen) atoms. The molecule has 0 spiro atoms. The van der Waals surface area contributed by atoms with Gasteiger partial charge in [0.25, 0.3) is 5.91 Å². The van der Waals surface area contributed by atoms with E-state index < -0.39 is 6.10 Å². The monoisotopic (exact) mass is 339 g/mol. The number of rotatable bonds is 5. The highest BCUT2D eigenvalue weighted by Crippen LogP contribution is 2.28. The Kier molecular flexibility index (Phi) is 5.34. The summed E-state index contributed by atoms with van der Waals surface area (Å²) < 4.78 is 0. The number of aliphatic hydroxyl groups excluding tert-OH is 1. The second-order valence-corrected chi connectivity index (χ2v) is 6.75. The molecule has 5 heteroatoms. The van der Waals surface area contributed by atoms with Crippen LogP contribution in [0.3, 0.4) is 0 Å². The molecule has 0 radical (unpaired) electrons. The van der Waals surface area contributed by atoms with E-state index in [2.05, 4.69) is 4.98 Å². The number of anilines is 1. The lowest BCUT2D eigenvalue weighted by Gasteiger charge is -2.27. The van der Waals surface area contributed by atoms with E-state index in [9.17, 15) is 9.90 Å². The number of hydrogen-bond acceptors (Lipinski definition) is 4. The highest BCUT2D eigenvalue weighted by atomic mass is 16.3. The molecule has 1 N–H and O–H groups in total. The molecule has 2 heterocycles.